The Bertz CT molecular complexity index is 920. The number of carbonyl (C=O) groups is 5. The first-order valence-corrected chi connectivity index (χ1v) is 10.5. The van der Waals surface area contributed by atoms with Crippen LogP contribution in [0.15, 0.2) is 24.3 Å². The van der Waals surface area contributed by atoms with Gasteiger partial charge in [-0.05, 0) is 19.9 Å². The van der Waals surface area contributed by atoms with Crippen LogP contribution >= 0.6 is 11.6 Å². The van der Waals surface area contributed by atoms with Crippen molar-refractivity contribution in [2.75, 3.05) is 26.2 Å². The zero-order chi connectivity index (χ0) is 23.6. The van der Waals surface area contributed by atoms with Crippen molar-refractivity contribution in [2.45, 2.75) is 39.1 Å². The maximum atomic E-state index is 13.0. The van der Waals surface area contributed by atoms with Gasteiger partial charge in [-0.25, -0.2) is 4.90 Å². The number of nitrogens with one attached hydrogen (secondary N) is 1. The van der Waals surface area contributed by atoms with Crippen molar-refractivity contribution in [3.05, 3.63) is 34.9 Å². The van der Waals surface area contributed by atoms with Crippen molar-refractivity contribution in [1.82, 2.24) is 20.0 Å². The van der Waals surface area contributed by atoms with Crippen LogP contribution in [0.2, 0.25) is 5.02 Å². The Hall–Kier alpha value is -2.82. The molecule has 3 unspecified atom stereocenters. The number of halogens is 1. The highest BCUT2D eigenvalue weighted by Gasteiger charge is 2.42. The summed E-state index contributed by atoms with van der Waals surface area (Å²) < 4.78 is 5.31. The molecule has 1 aromatic rings. The van der Waals surface area contributed by atoms with Crippen LogP contribution in [0.4, 0.5) is 0 Å². The molecule has 2 saturated heterocycles. The lowest BCUT2D eigenvalue weighted by Gasteiger charge is -2.43. The highest BCUT2D eigenvalue weighted by molar-refractivity contribution is 6.31. The molecule has 3 rings (SSSR count). The second kappa shape index (κ2) is 9.76. The van der Waals surface area contributed by atoms with Gasteiger partial charge in [0.2, 0.25) is 29.9 Å². The first-order chi connectivity index (χ1) is 15.1. The molecule has 11 heteroatoms. The fraction of sp³-hybridized carbons (Fsp3) is 0.476. The largest absolute Gasteiger partial charge is 0.437 e. The standard InChI is InChI=1S/C21H25ClN4O6/c1-12(24-8-17(28)23-18(29)9-24)13(2)25-10-19(30)26(20(31)11-25)21(32-14(3)27)15-6-4-5-7-16(15)22/h4-7,12-13,21H,8-11H2,1-3H3,(H,23,28,29). The van der Waals surface area contributed by atoms with Crippen molar-refractivity contribution in [3.8, 4) is 0 Å². The Morgan fingerprint density at radius 2 is 1.44 bits per heavy atom. The highest BCUT2D eigenvalue weighted by atomic mass is 35.5. The number of hydrogen-bond donors (Lipinski definition) is 1. The number of piperazine rings is 2. The van der Waals surface area contributed by atoms with Crippen LogP contribution < -0.4 is 5.32 Å². The topological polar surface area (TPSA) is 116 Å². The van der Waals surface area contributed by atoms with E-state index in [2.05, 4.69) is 5.32 Å². The van der Waals surface area contributed by atoms with Crippen molar-refractivity contribution in [2.24, 2.45) is 0 Å². The van der Waals surface area contributed by atoms with Gasteiger partial charge in [-0.15, -0.1) is 0 Å². The molecule has 2 fully saturated rings. The molecule has 1 aromatic carbocycles. The van der Waals surface area contributed by atoms with E-state index in [9.17, 15) is 24.0 Å². The van der Waals surface area contributed by atoms with Crippen LogP contribution in [0.25, 0.3) is 0 Å². The molecule has 2 aliphatic rings. The van der Waals surface area contributed by atoms with E-state index in [0.717, 1.165) is 4.90 Å². The molecule has 32 heavy (non-hydrogen) atoms. The van der Waals surface area contributed by atoms with E-state index >= 15 is 0 Å². The van der Waals surface area contributed by atoms with Crippen molar-refractivity contribution < 1.29 is 28.7 Å². The first-order valence-electron chi connectivity index (χ1n) is 10.2. The van der Waals surface area contributed by atoms with E-state index < -0.39 is 24.0 Å². The second-order valence-corrected chi connectivity index (χ2v) is 8.31. The third kappa shape index (κ3) is 5.14. The van der Waals surface area contributed by atoms with Gasteiger partial charge in [0, 0.05) is 29.6 Å². The Balaban J connectivity index is 1.77. The van der Waals surface area contributed by atoms with Crippen LogP contribution in [0.1, 0.15) is 32.6 Å². The van der Waals surface area contributed by atoms with E-state index in [0.29, 0.717) is 5.56 Å². The number of imide groups is 2. The zero-order valence-corrected chi connectivity index (χ0v) is 18.8. The van der Waals surface area contributed by atoms with Crippen LogP contribution in [-0.2, 0) is 28.7 Å². The summed E-state index contributed by atoms with van der Waals surface area (Å²) in [4.78, 5) is 65.5. The monoisotopic (exact) mass is 464 g/mol. The first kappa shape index (κ1) is 23.8. The lowest BCUT2D eigenvalue weighted by Crippen LogP contribution is -2.62. The van der Waals surface area contributed by atoms with Gasteiger partial charge in [-0.3, -0.25) is 39.1 Å². The van der Waals surface area contributed by atoms with Crippen LogP contribution in [0.5, 0.6) is 0 Å². The highest BCUT2D eigenvalue weighted by Crippen LogP contribution is 2.31. The van der Waals surface area contributed by atoms with Crippen molar-refractivity contribution >= 4 is 41.2 Å². The summed E-state index contributed by atoms with van der Waals surface area (Å²) in [6.45, 7) is 4.76. The molecule has 0 aromatic heterocycles. The van der Waals surface area contributed by atoms with E-state index in [1.807, 2.05) is 13.8 Å². The van der Waals surface area contributed by atoms with E-state index in [1.165, 1.54) is 6.92 Å². The smallest absolute Gasteiger partial charge is 0.304 e. The number of benzene rings is 1. The van der Waals surface area contributed by atoms with Crippen molar-refractivity contribution in [3.63, 3.8) is 0 Å². The van der Waals surface area contributed by atoms with E-state index in [4.69, 9.17) is 16.3 Å². The Labute approximate surface area is 190 Å². The Morgan fingerprint density at radius 1 is 0.938 bits per heavy atom. The van der Waals surface area contributed by atoms with Gasteiger partial charge in [-0.2, -0.15) is 0 Å². The summed E-state index contributed by atoms with van der Waals surface area (Å²) >= 11 is 6.23. The van der Waals surface area contributed by atoms with Crippen molar-refractivity contribution in [1.29, 1.82) is 0 Å². The number of amides is 4. The van der Waals surface area contributed by atoms with Gasteiger partial charge < -0.3 is 4.74 Å². The predicted octanol–water partition coefficient (Wildman–Crippen LogP) is 0.308. The molecule has 3 atom stereocenters. The maximum Gasteiger partial charge on any atom is 0.304 e. The van der Waals surface area contributed by atoms with Crippen LogP contribution in [0.3, 0.4) is 0 Å². The minimum absolute atomic E-state index is 0.0557. The SMILES string of the molecule is CC(=O)OC(c1ccccc1Cl)N1C(=O)CN(C(C)C(C)N2CC(=O)NC(=O)C2)CC1=O. The molecule has 0 bridgehead atoms. The van der Waals surface area contributed by atoms with Crippen LogP contribution in [0, 0.1) is 0 Å². The van der Waals surface area contributed by atoms with Gasteiger partial charge in [0.15, 0.2) is 0 Å². The molecule has 0 radical (unpaired) electrons. The fourth-order valence-electron chi connectivity index (χ4n) is 3.89. The average Bonchev–Trinajstić information content (AvgIpc) is 2.70. The molecule has 4 amide bonds. The quantitative estimate of drug-likeness (QED) is 0.472. The molecule has 1 N–H and O–H groups in total. The lowest BCUT2D eigenvalue weighted by molar-refractivity contribution is -0.176. The molecular formula is C21H25ClN4O6. The third-order valence-corrected chi connectivity index (χ3v) is 6.06. The van der Waals surface area contributed by atoms with Gasteiger partial charge in [-0.1, -0.05) is 29.8 Å². The van der Waals surface area contributed by atoms with Gasteiger partial charge >= 0.3 is 5.97 Å². The number of hydrogen-bond acceptors (Lipinski definition) is 8. The normalized spacial score (nSPS) is 21.2. The third-order valence-electron chi connectivity index (χ3n) is 5.72. The summed E-state index contributed by atoms with van der Waals surface area (Å²) in [5.74, 6) is -2.52. The summed E-state index contributed by atoms with van der Waals surface area (Å²) in [5, 5.41) is 2.51. The number of ether oxygens (including phenoxy) is 1. The van der Waals surface area contributed by atoms with Gasteiger partial charge in [0.25, 0.3) is 0 Å². The molecule has 2 aliphatic heterocycles. The molecular weight excluding hydrogens is 440 g/mol. The average molecular weight is 465 g/mol. The molecule has 0 aliphatic carbocycles. The number of rotatable bonds is 6. The van der Waals surface area contributed by atoms with E-state index in [-0.39, 0.29) is 55.1 Å². The molecule has 2 heterocycles. The minimum Gasteiger partial charge on any atom is -0.437 e. The Kier molecular flexibility index (Phi) is 7.27. The fourth-order valence-corrected chi connectivity index (χ4v) is 4.12. The Morgan fingerprint density at radius 3 is 1.94 bits per heavy atom. The molecule has 0 spiro atoms. The lowest BCUT2D eigenvalue weighted by atomic mass is 10.1. The number of esters is 1. The summed E-state index contributed by atoms with van der Waals surface area (Å²) in [6, 6.07) is 5.95. The van der Waals surface area contributed by atoms with Gasteiger partial charge in [0.1, 0.15) is 0 Å². The van der Waals surface area contributed by atoms with E-state index in [1.54, 1.807) is 34.1 Å². The maximum absolute atomic E-state index is 13.0. The second-order valence-electron chi connectivity index (χ2n) is 7.90. The zero-order valence-electron chi connectivity index (χ0n) is 18.0. The number of carbonyl (C=O) groups excluding carboxylic acids is 5. The predicted molar refractivity (Wildman–Crippen MR) is 113 cm³/mol. The van der Waals surface area contributed by atoms with Crippen LogP contribution in [-0.4, -0.2) is 82.6 Å². The summed E-state index contributed by atoms with van der Waals surface area (Å²) in [5.41, 5.74) is 0.332. The molecule has 172 valence electrons. The minimum atomic E-state index is -1.26. The summed E-state index contributed by atoms with van der Waals surface area (Å²) in [6.07, 6.45) is -1.26. The molecule has 0 saturated carbocycles. The van der Waals surface area contributed by atoms with Gasteiger partial charge in [0.05, 0.1) is 26.2 Å². The molecule has 10 nitrogen and oxygen atoms in total. The summed E-state index contributed by atoms with van der Waals surface area (Å²) in [7, 11) is 0. The number of nitrogens with zero attached hydrogens (tertiary/aromatic N) is 3.